The third-order valence-corrected chi connectivity index (χ3v) is 4.80. The van der Waals surface area contributed by atoms with E-state index < -0.39 is 5.82 Å². The van der Waals surface area contributed by atoms with E-state index in [2.05, 4.69) is 5.32 Å². The molecule has 1 atom stereocenters. The van der Waals surface area contributed by atoms with Crippen molar-refractivity contribution in [3.8, 4) is 6.07 Å². The van der Waals surface area contributed by atoms with Crippen LogP contribution in [-0.2, 0) is 0 Å². The first-order chi connectivity index (χ1) is 10.2. The molecule has 2 aromatic carbocycles. The molecule has 0 saturated heterocycles. The van der Waals surface area contributed by atoms with Crippen molar-refractivity contribution in [1.29, 1.82) is 5.26 Å². The van der Waals surface area contributed by atoms with Crippen molar-refractivity contribution < 1.29 is 4.39 Å². The molecule has 1 N–H and O–H groups in total. The van der Waals surface area contributed by atoms with Gasteiger partial charge in [0.1, 0.15) is 11.9 Å². The molecule has 5 heteroatoms. The maximum Gasteiger partial charge on any atom is 0.141 e. The summed E-state index contributed by atoms with van der Waals surface area (Å²) in [7, 11) is 0. The Morgan fingerprint density at radius 3 is 2.95 bits per heavy atom. The van der Waals surface area contributed by atoms with Gasteiger partial charge in [-0.2, -0.15) is 5.26 Å². The van der Waals surface area contributed by atoms with Gasteiger partial charge in [-0.1, -0.05) is 11.6 Å². The fourth-order valence-corrected chi connectivity index (χ4v) is 3.70. The topological polar surface area (TPSA) is 35.8 Å². The summed E-state index contributed by atoms with van der Waals surface area (Å²) >= 11 is 7.89. The number of nitriles is 1. The van der Waals surface area contributed by atoms with Crippen LogP contribution in [0.25, 0.3) is 0 Å². The van der Waals surface area contributed by atoms with Crippen molar-refractivity contribution >= 4 is 29.1 Å². The zero-order valence-corrected chi connectivity index (χ0v) is 12.6. The van der Waals surface area contributed by atoms with Crippen molar-refractivity contribution in [3.63, 3.8) is 0 Å². The number of hydrogen-bond donors (Lipinski definition) is 1. The summed E-state index contributed by atoms with van der Waals surface area (Å²) in [5, 5.41) is 13.0. The lowest BCUT2D eigenvalue weighted by atomic mass is 10.0. The van der Waals surface area contributed by atoms with E-state index in [9.17, 15) is 4.39 Å². The first-order valence-corrected chi connectivity index (χ1v) is 7.92. The van der Waals surface area contributed by atoms with Gasteiger partial charge in [-0.15, -0.1) is 11.8 Å². The number of thioether (sulfide) groups is 1. The normalized spacial score (nSPS) is 16.9. The van der Waals surface area contributed by atoms with Gasteiger partial charge in [-0.05, 0) is 48.4 Å². The minimum atomic E-state index is -0.495. The van der Waals surface area contributed by atoms with Crippen molar-refractivity contribution in [1.82, 2.24) is 0 Å². The highest BCUT2D eigenvalue weighted by Gasteiger charge is 2.21. The molecular formula is C16H12ClFN2S. The lowest BCUT2D eigenvalue weighted by molar-refractivity contribution is 0.623. The van der Waals surface area contributed by atoms with E-state index in [0.717, 1.165) is 23.4 Å². The number of fused-ring (bicyclic) bond motifs is 1. The first kappa shape index (κ1) is 14.2. The second kappa shape index (κ2) is 5.97. The van der Waals surface area contributed by atoms with Crippen LogP contribution in [-0.4, -0.2) is 5.75 Å². The van der Waals surface area contributed by atoms with Gasteiger partial charge in [0, 0.05) is 21.4 Å². The molecule has 1 heterocycles. The van der Waals surface area contributed by atoms with Crippen LogP contribution < -0.4 is 5.32 Å². The smallest absolute Gasteiger partial charge is 0.141 e. The third-order valence-electron chi connectivity index (χ3n) is 3.44. The zero-order chi connectivity index (χ0) is 14.8. The van der Waals surface area contributed by atoms with E-state index in [1.807, 2.05) is 36.0 Å². The van der Waals surface area contributed by atoms with Gasteiger partial charge >= 0.3 is 0 Å². The van der Waals surface area contributed by atoms with Crippen molar-refractivity contribution in [2.24, 2.45) is 0 Å². The van der Waals surface area contributed by atoms with Crippen LogP contribution in [0.2, 0.25) is 5.02 Å². The molecule has 0 saturated carbocycles. The molecular weight excluding hydrogens is 307 g/mol. The Morgan fingerprint density at radius 1 is 1.29 bits per heavy atom. The molecule has 0 aromatic heterocycles. The highest BCUT2D eigenvalue weighted by molar-refractivity contribution is 7.99. The second-order valence-corrected chi connectivity index (χ2v) is 6.40. The van der Waals surface area contributed by atoms with Crippen LogP contribution >= 0.6 is 23.4 Å². The Labute approximate surface area is 131 Å². The Balaban J connectivity index is 1.90. The molecule has 0 radical (unpaired) electrons. The van der Waals surface area contributed by atoms with Crippen molar-refractivity contribution in [2.75, 3.05) is 11.1 Å². The number of halogens is 2. The van der Waals surface area contributed by atoms with Gasteiger partial charge < -0.3 is 5.32 Å². The molecule has 3 rings (SSSR count). The fraction of sp³-hybridized carbons (Fsp3) is 0.188. The maximum atomic E-state index is 13.4. The predicted molar refractivity (Wildman–Crippen MR) is 84.3 cm³/mol. The summed E-state index contributed by atoms with van der Waals surface area (Å²) in [4.78, 5) is 1.21. The monoisotopic (exact) mass is 318 g/mol. The van der Waals surface area contributed by atoms with E-state index in [1.54, 1.807) is 12.1 Å². The maximum absolute atomic E-state index is 13.4. The molecule has 0 fully saturated rings. The quantitative estimate of drug-likeness (QED) is 0.846. The third kappa shape index (κ3) is 2.99. The zero-order valence-electron chi connectivity index (χ0n) is 11.1. The number of benzene rings is 2. The summed E-state index contributed by atoms with van der Waals surface area (Å²) in [5.74, 6) is 0.518. The summed E-state index contributed by atoms with van der Waals surface area (Å²) in [6.45, 7) is 0. The molecule has 106 valence electrons. The van der Waals surface area contributed by atoms with Crippen LogP contribution in [0.4, 0.5) is 10.1 Å². The van der Waals surface area contributed by atoms with Gasteiger partial charge in [-0.25, -0.2) is 4.39 Å². The van der Waals surface area contributed by atoms with Crippen LogP contribution in [0.1, 0.15) is 23.6 Å². The molecule has 21 heavy (non-hydrogen) atoms. The summed E-state index contributed by atoms with van der Waals surface area (Å²) in [6, 6.07) is 12.4. The molecule has 2 nitrogen and oxygen atoms in total. The number of rotatable bonds is 2. The van der Waals surface area contributed by atoms with E-state index in [4.69, 9.17) is 16.9 Å². The van der Waals surface area contributed by atoms with Gasteiger partial charge in [-0.3, -0.25) is 0 Å². The Bertz CT molecular complexity index is 727. The molecule has 0 spiro atoms. The van der Waals surface area contributed by atoms with Crippen molar-refractivity contribution in [2.45, 2.75) is 17.4 Å². The lowest BCUT2D eigenvalue weighted by Crippen LogP contribution is -2.16. The average Bonchev–Trinajstić information content (AvgIpc) is 2.50. The summed E-state index contributed by atoms with van der Waals surface area (Å²) in [5.41, 5.74) is 1.95. The van der Waals surface area contributed by atoms with Crippen LogP contribution in [0.3, 0.4) is 0 Å². The Hall–Kier alpha value is -1.70. The molecule has 2 aromatic rings. The molecule has 0 amide bonds. The average molecular weight is 319 g/mol. The summed E-state index contributed by atoms with van der Waals surface area (Å²) in [6.07, 6.45) is 0.956. The predicted octanol–water partition coefficient (Wildman–Crippen LogP) is 5.00. The van der Waals surface area contributed by atoms with Crippen molar-refractivity contribution in [3.05, 3.63) is 58.4 Å². The Kier molecular flexibility index (Phi) is 4.05. The Morgan fingerprint density at radius 2 is 2.14 bits per heavy atom. The van der Waals surface area contributed by atoms with Crippen LogP contribution in [0.5, 0.6) is 0 Å². The number of nitrogens with one attached hydrogen (secondary N) is 1. The van der Waals surface area contributed by atoms with Crippen LogP contribution in [0.15, 0.2) is 41.3 Å². The minimum Gasteiger partial charge on any atom is -0.378 e. The minimum absolute atomic E-state index is 0.0523. The van der Waals surface area contributed by atoms with Gasteiger partial charge in [0.25, 0.3) is 0 Å². The van der Waals surface area contributed by atoms with Gasteiger partial charge in [0.15, 0.2) is 0 Å². The van der Waals surface area contributed by atoms with E-state index in [0.29, 0.717) is 5.02 Å². The standard InChI is InChI=1S/C16H12ClFN2S/c17-11-1-4-16-13(8-11)15(5-6-21-16)20-12-2-3-14(18)10(7-12)9-19/h1-4,7-8,15,20H,5-6H2. The second-order valence-electron chi connectivity index (χ2n) is 4.82. The molecule has 1 aliphatic heterocycles. The van der Waals surface area contributed by atoms with Gasteiger partial charge in [0.05, 0.1) is 11.6 Å². The molecule has 0 bridgehead atoms. The van der Waals surface area contributed by atoms with Crippen LogP contribution in [0, 0.1) is 17.1 Å². The van der Waals surface area contributed by atoms with E-state index in [1.165, 1.54) is 11.0 Å². The lowest BCUT2D eigenvalue weighted by Gasteiger charge is -2.27. The first-order valence-electron chi connectivity index (χ1n) is 6.56. The molecule has 1 aliphatic rings. The summed E-state index contributed by atoms with van der Waals surface area (Å²) < 4.78 is 13.4. The van der Waals surface area contributed by atoms with E-state index >= 15 is 0 Å². The largest absolute Gasteiger partial charge is 0.378 e. The van der Waals surface area contributed by atoms with E-state index in [-0.39, 0.29) is 11.6 Å². The number of nitrogens with zero attached hydrogens (tertiary/aromatic N) is 1. The SMILES string of the molecule is N#Cc1cc(NC2CCSc3ccc(Cl)cc32)ccc1F. The highest BCUT2D eigenvalue weighted by atomic mass is 35.5. The molecule has 1 unspecified atom stereocenters. The number of anilines is 1. The van der Waals surface area contributed by atoms with Gasteiger partial charge in [0.2, 0.25) is 0 Å². The fourth-order valence-electron chi connectivity index (χ4n) is 2.42. The molecule has 0 aliphatic carbocycles. The highest BCUT2D eigenvalue weighted by Crippen LogP contribution is 2.39. The number of hydrogen-bond acceptors (Lipinski definition) is 3.